The summed E-state index contributed by atoms with van der Waals surface area (Å²) in [5.41, 5.74) is 1.83. The number of hydrogen-bond donors (Lipinski definition) is 0. The summed E-state index contributed by atoms with van der Waals surface area (Å²) in [6.45, 7) is 3.40. The Morgan fingerprint density at radius 1 is 1.38 bits per heavy atom. The van der Waals surface area contributed by atoms with Gasteiger partial charge in [-0.1, -0.05) is 29.4 Å². The molecule has 0 saturated heterocycles. The summed E-state index contributed by atoms with van der Waals surface area (Å²) in [7, 11) is 2.10. The summed E-state index contributed by atoms with van der Waals surface area (Å²) in [6, 6.07) is 7.32. The summed E-state index contributed by atoms with van der Waals surface area (Å²) in [4.78, 5) is 34.1. The lowest BCUT2D eigenvalue weighted by molar-refractivity contribution is -0.117. The molecule has 4 rings (SSSR count). The van der Waals surface area contributed by atoms with Crippen LogP contribution in [-0.4, -0.2) is 39.6 Å². The molecule has 8 heteroatoms. The fraction of sp³-hybridized carbons (Fsp3) is 0.381. The van der Waals surface area contributed by atoms with E-state index >= 15 is 0 Å². The van der Waals surface area contributed by atoms with Gasteiger partial charge in [0.25, 0.3) is 5.56 Å². The fourth-order valence-corrected chi connectivity index (χ4v) is 6.05. The second-order valence-electron chi connectivity index (χ2n) is 7.34. The van der Waals surface area contributed by atoms with Crippen molar-refractivity contribution in [3.63, 3.8) is 0 Å². The maximum absolute atomic E-state index is 13.6. The van der Waals surface area contributed by atoms with Crippen molar-refractivity contribution in [2.75, 3.05) is 19.3 Å². The molecule has 0 amide bonds. The van der Waals surface area contributed by atoms with Gasteiger partial charge >= 0.3 is 0 Å². The highest BCUT2D eigenvalue weighted by molar-refractivity contribution is 7.99. The van der Waals surface area contributed by atoms with Gasteiger partial charge in [-0.2, -0.15) is 0 Å². The number of Topliss-reactive ketones (excluding diaryl/α,β-unsaturated/α-hetero) is 1. The van der Waals surface area contributed by atoms with Gasteiger partial charge in [0.15, 0.2) is 5.16 Å². The van der Waals surface area contributed by atoms with E-state index < -0.39 is 0 Å². The number of rotatable bonds is 6. The minimum atomic E-state index is -0.0339. The molecule has 1 aromatic carbocycles. The molecule has 29 heavy (non-hydrogen) atoms. The van der Waals surface area contributed by atoms with Crippen LogP contribution in [0, 0.1) is 0 Å². The first-order valence-electron chi connectivity index (χ1n) is 9.58. The molecular formula is C21H22ClN3O2S2. The summed E-state index contributed by atoms with van der Waals surface area (Å²) >= 11 is 9.35. The molecule has 0 N–H and O–H groups in total. The summed E-state index contributed by atoms with van der Waals surface area (Å²) in [5, 5.41) is 1.97. The van der Waals surface area contributed by atoms with E-state index in [1.807, 2.05) is 12.1 Å². The van der Waals surface area contributed by atoms with Crippen LogP contribution in [0.4, 0.5) is 0 Å². The average Bonchev–Trinajstić information content (AvgIpc) is 3.02. The van der Waals surface area contributed by atoms with Crippen LogP contribution in [0.15, 0.2) is 34.2 Å². The Labute approximate surface area is 182 Å². The molecule has 152 valence electrons. The molecular weight excluding hydrogens is 426 g/mol. The highest BCUT2D eigenvalue weighted by Gasteiger charge is 2.24. The number of thioether (sulfide) groups is 1. The molecule has 0 fully saturated rings. The molecule has 5 nitrogen and oxygen atoms in total. The van der Waals surface area contributed by atoms with Crippen LogP contribution in [0.1, 0.15) is 30.2 Å². The van der Waals surface area contributed by atoms with Crippen LogP contribution < -0.4 is 5.56 Å². The Morgan fingerprint density at radius 2 is 2.21 bits per heavy atom. The molecule has 0 spiro atoms. The largest absolute Gasteiger partial charge is 0.301 e. The number of fused-ring (bicyclic) bond motifs is 3. The number of carbonyl (C=O) groups excluding carboxylic acids is 1. The van der Waals surface area contributed by atoms with Crippen LogP contribution in [0.25, 0.3) is 15.9 Å². The Balaban J connectivity index is 1.84. The van der Waals surface area contributed by atoms with E-state index in [1.165, 1.54) is 16.6 Å². The van der Waals surface area contributed by atoms with Gasteiger partial charge in [0, 0.05) is 35.2 Å². The summed E-state index contributed by atoms with van der Waals surface area (Å²) in [5.74, 6) is 0.905. The minimum absolute atomic E-state index is 0.0339. The molecule has 0 radical (unpaired) electrons. The lowest BCUT2D eigenvalue weighted by Gasteiger charge is -2.21. The van der Waals surface area contributed by atoms with Gasteiger partial charge < -0.3 is 9.69 Å². The van der Waals surface area contributed by atoms with E-state index in [0.29, 0.717) is 16.6 Å². The smallest absolute Gasteiger partial charge is 0.267 e. The van der Waals surface area contributed by atoms with Gasteiger partial charge in [0.2, 0.25) is 0 Å². The van der Waals surface area contributed by atoms with Gasteiger partial charge in [0.05, 0.1) is 11.1 Å². The van der Waals surface area contributed by atoms with Crippen molar-refractivity contribution < 1.29 is 4.79 Å². The van der Waals surface area contributed by atoms with Crippen molar-refractivity contribution >= 4 is 50.7 Å². The van der Waals surface area contributed by atoms with Crippen molar-refractivity contribution in [1.29, 1.82) is 0 Å². The van der Waals surface area contributed by atoms with E-state index in [-0.39, 0.29) is 11.3 Å². The van der Waals surface area contributed by atoms with Crippen molar-refractivity contribution in [1.82, 2.24) is 14.5 Å². The molecule has 3 aromatic rings. The highest BCUT2D eigenvalue weighted by atomic mass is 35.5. The standard InChI is InChI=1S/C21H22ClN3O2S2/c1-13(26)5-4-10-28-21-23-19-18(16-8-9-24(2)12-17(16)29-19)20(27)25(21)15-7-3-6-14(22)11-15/h3,6-7,11H,4-5,8-10,12H2,1-2H3. The third-order valence-corrected chi connectivity index (χ3v) is 7.38. The van der Waals surface area contributed by atoms with Gasteiger partial charge in [-0.15, -0.1) is 11.3 Å². The first-order valence-corrected chi connectivity index (χ1v) is 11.8. The molecule has 0 unspecified atom stereocenters. The predicted molar refractivity (Wildman–Crippen MR) is 121 cm³/mol. The zero-order valence-corrected chi connectivity index (χ0v) is 18.8. The first kappa shape index (κ1) is 20.6. The number of halogens is 1. The third kappa shape index (κ3) is 4.28. The van der Waals surface area contributed by atoms with E-state index in [0.717, 1.165) is 53.2 Å². The van der Waals surface area contributed by atoms with Crippen molar-refractivity contribution in [2.45, 2.75) is 37.9 Å². The van der Waals surface area contributed by atoms with Crippen LogP contribution in [0.3, 0.4) is 0 Å². The zero-order valence-electron chi connectivity index (χ0n) is 16.4. The van der Waals surface area contributed by atoms with Crippen LogP contribution in [0.5, 0.6) is 0 Å². The van der Waals surface area contributed by atoms with Gasteiger partial charge in [-0.3, -0.25) is 9.36 Å². The minimum Gasteiger partial charge on any atom is -0.301 e. The normalized spacial score (nSPS) is 14.3. The Hall–Kier alpha value is -1.67. The maximum Gasteiger partial charge on any atom is 0.267 e. The lowest BCUT2D eigenvalue weighted by Crippen LogP contribution is -2.27. The quantitative estimate of drug-likeness (QED) is 0.315. The second-order valence-corrected chi connectivity index (χ2v) is 9.92. The SMILES string of the molecule is CC(=O)CCCSc1nc2sc3c(c2c(=O)n1-c1cccc(Cl)c1)CCN(C)C3. The van der Waals surface area contributed by atoms with E-state index in [9.17, 15) is 9.59 Å². The number of thiophene rings is 1. The van der Waals surface area contributed by atoms with E-state index in [1.54, 1.807) is 35.0 Å². The van der Waals surface area contributed by atoms with Crippen molar-refractivity contribution in [3.8, 4) is 5.69 Å². The topological polar surface area (TPSA) is 55.2 Å². The molecule has 0 aliphatic carbocycles. The number of benzene rings is 1. The molecule has 0 atom stereocenters. The molecule has 1 aliphatic rings. The number of hydrogen-bond acceptors (Lipinski definition) is 6. The number of ketones is 1. The molecule has 0 saturated carbocycles. The van der Waals surface area contributed by atoms with E-state index in [4.69, 9.17) is 16.6 Å². The molecule has 1 aliphatic heterocycles. The summed E-state index contributed by atoms with van der Waals surface area (Å²) in [6.07, 6.45) is 2.16. The Bertz CT molecular complexity index is 1140. The predicted octanol–water partition coefficient (Wildman–Crippen LogP) is 4.55. The van der Waals surface area contributed by atoms with Crippen LogP contribution in [0.2, 0.25) is 5.02 Å². The fourth-order valence-electron chi connectivity index (χ4n) is 3.58. The summed E-state index contributed by atoms with van der Waals surface area (Å²) < 4.78 is 1.68. The molecule has 2 aromatic heterocycles. The Kier molecular flexibility index (Phi) is 6.11. The first-order chi connectivity index (χ1) is 13.9. The Morgan fingerprint density at radius 3 is 2.97 bits per heavy atom. The van der Waals surface area contributed by atoms with E-state index in [2.05, 4.69) is 11.9 Å². The van der Waals surface area contributed by atoms with Crippen molar-refractivity contribution in [3.05, 3.63) is 50.1 Å². The number of likely N-dealkylation sites (N-methyl/N-ethyl adjacent to an activating group) is 1. The molecule has 3 heterocycles. The maximum atomic E-state index is 13.6. The van der Waals surface area contributed by atoms with Gasteiger partial charge in [-0.25, -0.2) is 4.98 Å². The van der Waals surface area contributed by atoms with Gasteiger partial charge in [0.1, 0.15) is 10.6 Å². The molecule has 0 bridgehead atoms. The van der Waals surface area contributed by atoms with Crippen molar-refractivity contribution in [2.24, 2.45) is 0 Å². The third-order valence-electron chi connectivity index (χ3n) is 5.01. The average molecular weight is 448 g/mol. The van der Waals surface area contributed by atoms with Gasteiger partial charge in [-0.05, 0) is 50.6 Å². The second kappa shape index (κ2) is 8.60. The lowest BCUT2D eigenvalue weighted by atomic mass is 10.1. The van der Waals surface area contributed by atoms with Crippen LogP contribution >= 0.6 is 34.7 Å². The number of carbonyl (C=O) groups is 1. The zero-order chi connectivity index (χ0) is 20.5. The number of nitrogens with zero attached hydrogens (tertiary/aromatic N) is 3. The van der Waals surface area contributed by atoms with Crippen LogP contribution in [-0.2, 0) is 17.8 Å². The highest BCUT2D eigenvalue weighted by Crippen LogP contribution is 2.34. The monoisotopic (exact) mass is 447 g/mol. The number of aromatic nitrogens is 2.